The molecule has 0 amide bonds. The number of carbonyl (C=O) groups is 1. The summed E-state index contributed by atoms with van der Waals surface area (Å²) in [6.07, 6.45) is 3.73. The van der Waals surface area contributed by atoms with Crippen LogP contribution in [0.25, 0.3) is 10.9 Å². The van der Waals surface area contributed by atoms with E-state index in [-0.39, 0.29) is 11.8 Å². The molecule has 0 saturated heterocycles. The zero-order valence-electron chi connectivity index (χ0n) is 15.5. The largest absolute Gasteiger partial charge is 0.384 e. The molecule has 1 atom stereocenters. The minimum absolute atomic E-state index is 0.146. The molecule has 0 aliphatic heterocycles. The second-order valence-electron chi connectivity index (χ2n) is 6.52. The Morgan fingerprint density at radius 3 is 2.69 bits per heavy atom. The monoisotopic (exact) mass is 351 g/mol. The number of quaternary nitrogens is 1. The highest BCUT2D eigenvalue weighted by atomic mass is 16.5. The molecule has 3 rings (SSSR count). The molecule has 0 unspecified atom stereocenters. The Morgan fingerprint density at radius 2 is 1.96 bits per heavy atom. The molecule has 0 saturated carbocycles. The van der Waals surface area contributed by atoms with Crippen LogP contribution in [0.4, 0.5) is 0 Å². The van der Waals surface area contributed by atoms with Crippen molar-refractivity contribution in [1.29, 1.82) is 0 Å². The second-order valence-corrected chi connectivity index (χ2v) is 6.52. The number of fused-ring (bicyclic) bond motifs is 1. The van der Waals surface area contributed by atoms with E-state index < -0.39 is 0 Å². The Hall–Kier alpha value is -2.43. The van der Waals surface area contributed by atoms with Crippen LogP contribution in [0.5, 0.6) is 0 Å². The average molecular weight is 351 g/mol. The molecule has 0 spiro atoms. The van der Waals surface area contributed by atoms with Gasteiger partial charge in [0.25, 0.3) is 0 Å². The molecule has 26 heavy (non-hydrogen) atoms. The number of aryl methyl sites for hydroxylation is 1. The van der Waals surface area contributed by atoms with Crippen molar-refractivity contribution in [3.05, 3.63) is 71.4 Å². The lowest BCUT2D eigenvalue weighted by atomic mass is 9.96. The first-order valence-corrected chi connectivity index (χ1v) is 9.26. The first kappa shape index (κ1) is 18.4. The van der Waals surface area contributed by atoms with Crippen LogP contribution in [0.15, 0.2) is 54.7 Å². The van der Waals surface area contributed by atoms with Crippen LogP contribution in [0.3, 0.4) is 0 Å². The highest BCUT2D eigenvalue weighted by Gasteiger charge is 2.27. The smallest absolute Gasteiger partial charge is 0.226 e. The van der Waals surface area contributed by atoms with Gasteiger partial charge in [0, 0.05) is 41.8 Å². The van der Waals surface area contributed by atoms with Crippen LogP contribution in [0.1, 0.15) is 40.9 Å². The van der Waals surface area contributed by atoms with Gasteiger partial charge in [-0.2, -0.15) is 0 Å². The number of nitrogens with two attached hydrogens (primary N) is 1. The summed E-state index contributed by atoms with van der Waals surface area (Å²) in [7, 11) is 1.71. The first-order valence-electron chi connectivity index (χ1n) is 9.26. The number of rotatable bonds is 9. The third kappa shape index (κ3) is 3.87. The number of carbonyl (C=O) groups excluding carboxylic acids is 1. The summed E-state index contributed by atoms with van der Waals surface area (Å²) < 4.78 is 5.14. The Balaban J connectivity index is 1.92. The Kier molecular flexibility index (Phi) is 6.21. The van der Waals surface area contributed by atoms with Crippen LogP contribution in [0, 0.1) is 0 Å². The Morgan fingerprint density at radius 1 is 1.15 bits per heavy atom. The molecule has 4 heteroatoms. The summed E-state index contributed by atoms with van der Waals surface area (Å²) in [6, 6.07) is 16.0. The van der Waals surface area contributed by atoms with Gasteiger partial charge in [-0.05, 0) is 12.0 Å². The lowest BCUT2D eigenvalue weighted by Gasteiger charge is -2.15. The van der Waals surface area contributed by atoms with E-state index in [2.05, 4.69) is 23.3 Å². The van der Waals surface area contributed by atoms with Crippen molar-refractivity contribution in [2.24, 2.45) is 0 Å². The summed E-state index contributed by atoms with van der Waals surface area (Å²) in [5, 5.41) is 3.14. The zero-order chi connectivity index (χ0) is 18.4. The third-order valence-corrected chi connectivity index (χ3v) is 4.84. The minimum Gasteiger partial charge on any atom is -0.384 e. The van der Waals surface area contributed by atoms with Gasteiger partial charge in [0.2, 0.25) is 5.78 Å². The van der Waals surface area contributed by atoms with Crippen LogP contribution in [-0.4, -0.2) is 31.0 Å². The maximum absolute atomic E-state index is 13.4. The molecule has 3 aromatic rings. The minimum atomic E-state index is -0.239. The quantitative estimate of drug-likeness (QED) is 0.459. The molecular formula is C22H27N2O2+. The lowest BCUT2D eigenvalue weighted by Crippen LogP contribution is -2.87. The van der Waals surface area contributed by atoms with Crippen molar-refractivity contribution in [1.82, 2.24) is 4.98 Å². The van der Waals surface area contributed by atoms with E-state index in [1.54, 1.807) is 7.11 Å². The summed E-state index contributed by atoms with van der Waals surface area (Å²) in [4.78, 5) is 16.7. The van der Waals surface area contributed by atoms with Crippen molar-refractivity contribution in [3.63, 3.8) is 0 Å². The predicted octanol–water partition coefficient (Wildman–Crippen LogP) is 3.25. The number of hydrogen-bond donors (Lipinski definition) is 2. The van der Waals surface area contributed by atoms with Crippen LogP contribution >= 0.6 is 0 Å². The van der Waals surface area contributed by atoms with E-state index in [0.717, 1.165) is 41.4 Å². The van der Waals surface area contributed by atoms with Gasteiger partial charge >= 0.3 is 0 Å². The molecule has 1 aromatic heterocycles. The van der Waals surface area contributed by atoms with E-state index in [4.69, 9.17) is 4.74 Å². The molecule has 4 nitrogen and oxygen atoms in total. The van der Waals surface area contributed by atoms with Crippen molar-refractivity contribution < 1.29 is 14.8 Å². The molecule has 1 heterocycles. The molecule has 136 valence electrons. The summed E-state index contributed by atoms with van der Waals surface area (Å²) >= 11 is 0. The summed E-state index contributed by atoms with van der Waals surface area (Å²) in [5.74, 6) is 0.146. The number of H-pyrrole nitrogens is 1. The van der Waals surface area contributed by atoms with Crippen molar-refractivity contribution in [2.45, 2.75) is 25.8 Å². The fourth-order valence-corrected chi connectivity index (χ4v) is 3.45. The highest BCUT2D eigenvalue weighted by molar-refractivity contribution is 6.10. The van der Waals surface area contributed by atoms with Crippen molar-refractivity contribution in [3.8, 4) is 0 Å². The molecule has 2 aromatic carbocycles. The number of ketones is 1. The predicted molar refractivity (Wildman–Crippen MR) is 104 cm³/mol. The SMILES string of the molecule is CCc1cccc2c(C(=O)[C@H]([NH2+]CCCOC)c3ccccc3)c[nH]c12. The lowest BCUT2D eigenvalue weighted by molar-refractivity contribution is -0.681. The number of hydrogen-bond acceptors (Lipinski definition) is 2. The maximum Gasteiger partial charge on any atom is 0.226 e. The molecule has 0 aliphatic rings. The molecule has 0 radical (unpaired) electrons. The number of para-hydroxylation sites is 1. The third-order valence-electron chi connectivity index (χ3n) is 4.84. The zero-order valence-corrected chi connectivity index (χ0v) is 15.5. The van der Waals surface area contributed by atoms with E-state index in [1.807, 2.05) is 48.7 Å². The van der Waals surface area contributed by atoms with Gasteiger partial charge in [-0.25, -0.2) is 0 Å². The Bertz CT molecular complexity index is 855. The average Bonchev–Trinajstić information content (AvgIpc) is 3.12. The normalized spacial score (nSPS) is 12.4. The van der Waals surface area contributed by atoms with Gasteiger partial charge in [0.1, 0.15) is 0 Å². The van der Waals surface area contributed by atoms with Crippen LogP contribution in [0.2, 0.25) is 0 Å². The van der Waals surface area contributed by atoms with Gasteiger partial charge < -0.3 is 15.0 Å². The topological polar surface area (TPSA) is 58.7 Å². The van der Waals surface area contributed by atoms with E-state index in [0.29, 0.717) is 6.61 Å². The molecular weight excluding hydrogens is 324 g/mol. The number of nitrogens with one attached hydrogen (secondary N) is 1. The number of methoxy groups -OCH3 is 1. The summed E-state index contributed by atoms with van der Waals surface area (Å²) in [5.41, 5.74) is 4.12. The van der Waals surface area contributed by atoms with Crippen molar-refractivity contribution >= 4 is 16.7 Å². The molecule has 3 N–H and O–H groups in total. The second kappa shape index (κ2) is 8.79. The van der Waals surface area contributed by atoms with E-state index in [9.17, 15) is 4.79 Å². The fourth-order valence-electron chi connectivity index (χ4n) is 3.45. The number of benzene rings is 2. The molecule has 0 aliphatic carbocycles. The van der Waals surface area contributed by atoms with Gasteiger partial charge in [-0.3, -0.25) is 4.79 Å². The standard InChI is InChI=1S/C22H26N2O2/c1-3-16-11-7-12-18-19(15-24-20(16)18)22(25)21(23-13-8-14-26-2)17-9-5-4-6-10-17/h4-7,9-12,15,21,23-24H,3,8,13-14H2,1-2H3/p+1/t21-/m1/s1. The van der Waals surface area contributed by atoms with Gasteiger partial charge in [-0.1, -0.05) is 55.5 Å². The van der Waals surface area contributed by atoms with Gasteiger partial charge in [0.15, 0.2) is 6.04 Å². The number of Topliss-reactive ketones (excluding diaryl/α,β-unsaturated/α-hetero) is 1. The first-order chi connectivity index (χ1) is 12.8. The Labute approximate surface area is 154 Å². The summed E-state index contributed by atoms with van der Waals surface area (Å²) in [6.45, 7) is 3.69. The van der Waals surface area contributed by atoms with Crippen LogP contribution in [-0.2, 0) is 11.2 Å². The van der Waals surface area contributed by atoms with Gasteiger partial charge in [-0.15, -0.1) is 0 Å². The molecule has 0 bridgehead atoms. The number of aromatic nitrogens is 1. The number of aromatic amines is 1. The van der Waals surface area contributed by atoms with Crippen LogP contribution < -0.4 is 5.32 Å². The number of ether oxygens (including phenoxy) is 1. The van der Waals surface area contributed by atoms with Gasteiger partial charge in [0.05, 0.1) is 13.2 Å². The van der Waals surface area contributed by atoms with Crippen molar-refractivity contribution in [2.75, 3.05) is 20.3 Å². The van der Waals surface area contributed by atoms with E-state index >= 15 is 0 Å². The van der Waals surface area contributed by atoms with E-state index in [1.165, 1.54) is 5.56 Å². The molecule has 0 fully saturated rings. The fraction of sp³-hybridized carbons (Fsp3) is 0.318. The highest BCUT2D eigenvalue weighted by Crippen LogP contribution is 2.25. The maximum atomic E-state index is 13.4.